The lowest BCUT2D eigenvalue weighted by Gasteiger charge is -2.11. The van der Waals surface area contributed by atoms with E-state index in [1.54, 1.807) is 0 Å². The van der Waals surface area contributed by atoms with Gasteiger partial charge in [-0.25, -0.2) is 5.84 Å². The standard InChI is InChI=1S/C9H20N2O.2C2H6/c1-3-5-6-7-8(4-2)9(12)11-10;2*1-2/h8H,3-7,10H2,1-2H3,(H,11,12);2*1-2H3. The van der Waals surface area contributed by atoms with Crippen molar-refractivity contribution < 1.29 is 4.79 Å². The highest BCUT2D eigenvalue weighted by molar-refractivity contribution is 5.77. The molecule has 1 atom stereocenters. The molecule has 3 N–H and O–H groups in total. The first-order chi connectivity index (χ1) is 7.76. The Kier molecular flexibility index (Phi) is 25.9. The predicted molar refractivity (Wildman–Crippen MR) is 72.9 cm³/mol. The Hall–Kier alpha value is -0.570. The Labute approximate surface area is 102 Å². The lowest BCUT2D eigenvalue weighted by atomic mass is 9.98. The number of carbonyl (C=O) groups is 1. The molecule has 0 saturated carbocycles. The molecule has 0 aromatic rings. The van der Waals surface area contributed by atoms with Gasteiger partial charge in [-0.15, -0.1) is 0 Å². The van der Waals surface area contributed by atoms with E-state index < -0.39 is 0 Å². The molecule has 0 aromatic heterocycles. The van der Waals surface area contributed by atoms with Crippen LogP contribution >= 0.6 is 0 Å². The molecule has 16 heavy (non-hydrogen) atoms. The summed E-state index contributed by atoms with van der Waals surface area (Å²) in [4.78, 5) is 11.1. The maximum atomic E-state index is 11.1. The van der Waals surface area contributed by atoms with Crippen molar-refractivity contribution in [2.75, 3.05) is 0 Å². The second-order valence-corrected chi connectivity index (χ2v) is 3.11. The van der Waals surface area contributed by atoms with Gasteiger partial charge in [0.25, 0.3) is 0 Å². The maximum absolute atomic E-state index is 11.1. The van der Waals surface area contributed by atoms with Crippen LogP contribution in [-0.2, 0) is 4.79 Å². The van der Waals surface area contributed by atoms with Crippen molar-refractivity contribution in [3.05, 3.63) is 0 Å². The zero-order valence-corrected chi connectivity index (χ0v) is 12.1. The molecular weight excluding hydrogens is 200 g/mol. The van der Waals surface area contributed by atoms with Crippen LogP contribution in [-0.4, -0.2) is 5.91 Å². The predicted octanol–water partition coefficient (Wildman–Crippen LogP) is 3.64. The largest absolute Gasteiger partial charge is 0.294 e. The summed E-state index contributed by atoms with van der Waals surface area (Å²) in [6.07, 6.45) is 5.37. The van der Waals surface area contributed by atoms with E-state index in [0.29, 0.717) is 0 Å². The van der Waals surface area contributed by atoms with Crippen molar-refractivity contribution in [3.63, 3.8) is 0 Å². The van der Waals surface area contributed by atoms with Crippen LogP contribution in [0.25, 0.3) is 0 Å². The molecule has 0 radical (unpaired) electrons. The smallest absolute Gasteiger partial charge is 0.236 e. The molecule has 0 fully saturated rings. The Bertz CT molecular complexity index is 127. The third kappa shape index (κ3) is 13.4. The van der Waals surface area contributed by atoms with Gasteiger partial charge in [0.15, 0.2) is 0 Å². The SMILES string of the molecule is CC.CC.CCCCCC(CC)C(=O)NN. The van der Waals surface area contributed by atoms with E-state index in [9.17, 15) is 4.79 Å². The number of hydrogen-bond donors (Lipinski definition) is 2. The normalized spacial score (nSPS) is 10.2. The molecule has 3 nitrogen and oxygen atoms in total. The van der Waals surface area contributed by atoms with Crippen LogP contribution in [0.4, 0.5) is 0 Å². The van der Waals surface area contributed by atoms with Gasteiger partial charge in [0.2, 0.25) is 5.91 Å². The summed E-state index contributed by atoms with van der Waals surface area (Å²) < 4.78 is 0. The zero-order chi connectivity index (χ0) is 13.4. The summed E-state index contributed by atoms with van der Waals surface area (Å²) in [6, 6.07) is 0. The Morgan fingerprint density at radius 2 is 1.62 bits per heavy atom. The fourth-order valence-electron chi connectivity index (χ4n) is 1.28. The molecule has 1 amide bonds. The average Bonchev–Trinajstić information content (AvgIpc) is 2.38. The van der Waals surface area contributed by atoms with Crippen LogP contribution in [0.15, 0.2) is 0 Å². The Balaban J connectivity index is -0.000000376. The summed E-state index contributed by atoms with van der Waals surface area (Å²) in [5, 5.41) is 0. The second kappa shape index (κ2) is 19.9. The first kappa shape index (κ1) is 20.8. The first-order valence-corrected chi connectivity index (χ1v) is 6.76. The highest BCUT2D eigenvalue weighted by Gasteiger charge is 2.13. The summed E-state index contributed by atoms with van der Waals surface area (Å²) >= 11 is 0. The highest BCUT2D eigenvalue weighted by Crippen LogP contribution is 2.12. The fraction of sp³-hybridized carbons (Fsp3) is 0.923. The summed E-state index contributed by atoms with van der Waals surface area (Å²) in [5.74, 6) is 5.15. The van der Waals surface area contributed by atoms with Gasteiger partial charge in [0.05, 0.1) is 0 Å². The molecule has 100 valence electrons. The van der Waals surface area contributed by atoms with E-state index in [1.807, 2.05) is 34.6 Å². The minimum absolute atomic E-state index is 0.0198. The number of rotatable bonds is 6. The number of amides is 1. The third-order valence-corrected chi connectivity index (χ3v) is 2.16. The van der Waals surface area contributed by atoms with Crippen LogP contribution in [0, 0.1) is 5.92 Å². The van der Waals surface area contributed by atoms with Gasteiger partial charge in [-0.2, -0.15) is 0 Å². The molecule has 0 spiro atoms. The number of hydrazine groups is 1. The maximum Gasteiger partial charge on any atom is 0.236 e. The number of nitrogens with one attached hydrogen (secondary N) is 1. The van der Waals surface area contributed by atoms with Gasteiger partial charge in [-0.1, -0.05) is 60.8 Å². The molecular formula is C13H32N2O. The van der Waals surface area contributed by atoms with Gasteiger partial charge in [0.1, 0.15) is 0 Å². The number of carbonyl (C=O) groups excluding carboxylic acids is 1. The van der Waals surface area contributed by atoms with E-state index >= 15 is 0 Å². The van der Waals surface area contributed by atoms with Crippen molar-refractivity contribution in [3.8, 4) is 0 Å². The molecule has 0 bridgehead atoms. The van der Waals surface area contributed by atoms with Crippen molar-refractivity contribution in [2.24, 2.45) is 11.8 Å². The minimum atomic E-state index is -0.0198. The van der Waals surface area contributed by atoms with Crippen LogP contribution in [0.1, 0.15) is 73.6 Å². The van der Waals surface area contributed by atoms with Gasteiger partial charge in [-0.05, 0) is 12.8 Å². The van der Waals surface area contributed by atoms with E-state index in [2.05, 4.69) is 12.3 Å². The molecule has 0 saturated heterocycles. The monoisotopic (exact) mass is 232 g/mol. The molecule has 0 aliphatic carbocycles. The molecule has 0 rings (SSSR count). The van der Waals surface area contributed by atoms with Gasteiger partial charge in [0, 0.05) is 5.92 Å². The fourth-order valence-corrected chi connectivity index (χ4v) is 1.28. The molecule has 3 heteroatoms. The number of unbranched alkanes of at least 4 members (excludes halogenated alkanes) is 2. The summed E-state index contributed by atoms with van der Waals surface area (Å²) in [5.41, 5.74) is 2.20. The van der Waals surface area contributed by atoms with Crippen molar-refractivity contribution in [1.29, 1.82) is 0 Å². The first-order valence-electron chi connectivity index (χ1n) is 6.76. The van der Waals surface area contributed by atoms with Crippen LogP contribution in [0.3, 0.4) is 0 Å². The molecule has 0 heterocycles. The van der Waals surface area contributed by atoms with E-state index in [0.717, 1.165) is 19.3 Å². The highest BCUT2D eigenvalue weighted by atomic mass is 16.2. The topological polar surface area (TPSA) is 55.1 Å². The quantitative estimate of drug-likeness (QED) is 0.318. The number of hydrogen-bond acceptors (Lipinski definition) is 2. The number of nitrogens with two attached hydrogens (primary N) is 1. The Morgan fingerprint density at radius 1 is 1.12 bits per heavy atom. The van der Waals surface area contributed by atoms with Gasteiger partial charge >= 0.3 is 0 Å². The lowest BCUT2D eigenvalue weighted by molar-refractivity contribution is -0.125. The average molecular weight is 232 g/mol. The molecule has 1 unspecified atom stereocenters. The molecule has 0 aliphatic rings. The van der Waals surface area contributed by atoms with Crippen LogP contribution < -0.4 is 11.3 Å². The Morgan fingerprint density at radius 3 is 1.94 bits per heavy atom. The second-order valence-electron chi connectivity index (χ2n) is 3.11. The summed E-state index contributed by atoms with van der Waals surface area (Å²) in [7, 11) is 0. The zero-order valence-electron chi connectivity index (χ0n) is 12.1. The van der Waals surface area contributed by atoms with E-state index in [1.165, 1.54) is 12.8 Å². The van der Waals surface area contributed by atoms with Crippen molar-refractivity contribution >= 4 is 5.91 Å². The van der Waals surface area contributed by atoms with E-state index in [4.69, 9.17) is 5.84 Å². The van der Waals surface area contributed by atoms with Crippen LogP contribution in [0.2, 0.25) is 0 Å². The minimum Gasteiger partial charge on any atom is -0.294 e. The van der Waals surface area contributed by atoms with Crippen molar-refractivity contribution in [2.45, 2.75) is 73.6 Å². The molecule has 0 aromatic carbocycles. The van der Waals surface area contributed by atoms with Crippen molar-refractivity contribution in [1.82, 2.24) is 5.43 Å². The van der Waals surface area contributed by atoms with Gasteiger partial charge < -0.3 is 0 Å². The van der Waals surface area contributed by atoms with Gasteiger partial charge in [-0.3, -0.25) is 10.2 Å². The lowest BCUT2D eigenvalue weighted by Crippen LogP contribution is -2.35. The van der Waals surface area contributed by atoms with E-state index in [-0.39, 0.29) is 11.8 Å². The van der Waals surface area contributed by atoms with Crippen LogP contribution in [0.5, 0.6) is 0 Å². The molecule has 0 aliphatic heterocycles. The summed E-state index contributed by atoms with van der Waals surface area (Å²) in [6.45, 7) is 12.2. The third-order valence-electron chi connectivity index (χ3n) is 2.16.